The van der Waals surface area contributed by atoms with Crippen LogP contribution in [-0.2, 0) is 30.8 Å². The molecule has 0 amide bonds. The van der Waals surface area contributed by atoms with Gasteiger partial charge in [0.1, 0.15) is 11.7 Å². The maximum absolute atomic E-state index is 13.2. The Morgan fingerprint density at radius 3 is 2.32 bits per heavy atom. The molecule has 0 spiro atoms. The molecule has 0 radical (unpaired) electrons. The van der Waals surface area contributed by atoms with Crippen molar-refractivity contribution in [2.75, 3.05) is 19.7 Å². The fourth-order valence-electron chi connectivity index (χ4n) is 3.29. The number of hydrogen-bond donors (Lipinski definition) is 0. The van der Waals surface area contributed by atoms with Crippen LogP contribution in [0.1, 0.15) is 37.5 Å². The number of carbonyl (C=O) groups excluding carboxylic acids is 2. The van der Waals surface area contributed by atoms with E-state index in [-0.39, 0.29) is 36.8 Å². The first-order chi connectivity index (χ1) is 16.1. The molecule has 2 aromatic carbocycles. The molecule has 0 aliphatic carbocycles. The number of aryl methyl sites for hydroxylation is 1. The summed E-state index contributed by atoms with van der Waals surface area (Å²) in [5.74, 6) is 4.21. The van der Waals surface area contributed by atoms with E-state index in [0.717, 1.165) is 11.1 Å². The van der Waals surface area contributed by atoms with E-state index in [9.17, 15) is 18.0 Å². The Balaban J connectivity index is 2.31. The summed E-state index contributed by atoms with van der Waals surface area (Å²) in [5, 5.41) is 0. The molecule has 2 rings (SSSR count). The molecule has 0 bridgehead atoms. The maximum atomic E-state index is 13.2. The van der Waals surface area contributed by atoms with Crippen LogP contribution in [0.15, 0.2) is 65.6 Å². The molecule has 0 aliphatic heterocycles. The Kier molecular flexibility index (Phi) is 9.79. The third-order valence-corrected chi connectivity index (χ3v) is 6.89. The first-order valence-corrected chi connectivity index (χ1v) is 12.4. The zero-order chi connectivity index (χ0) is 25.3. The molecule has 0 aliphatic rings. The van der Waals surface area contributed by atoms with E-state index < -0.39 is 21.9 Å². The molecular weight excluding hydrogens is 450 g/mol. The maximum Gasteiger partial charge on any atom is 0.316 e. The highest BCUT2D eigenvalue weighted by Crippen LogP contribution is 2.18. The molecule has 34 heavy (non-hydrogen) atoms. The molecule has 0 N–H and O–H groups in total. The largest absolute Gasteiger partial charge is 0.465 e. The third-order valence-electron chi connectivity index (χ3n) is 5.09. The summed E-state index contributed by atoms with van der Waals surface area (Å²) >= 11 is 0. The Labute approximate surface area is 202 Å². The van der Waals surface area contributed by atoms with Crippen molar-refractivity contribution in [1.82, 2.24) is 4.31 Å². The third kappa shape index (κ3) is 7.41. The number of rotatable bonds is 10. The van der Waals surface area contributed by atoms with Gasteiger partial charge in [-0.2, -0.15) is 4.31 Å². The molecule has 0 saturated carbocycles. The predicted molar refractivity (Wildman–Crippen MR) is 133 cm³/mol. The van der Waals surface area contributed by atoms with Crippen molar-refractivity contribution in [3.63, 3.8) is 0 Å². The standard InChI is InChI=1S/C27H31NO5S/c1-6-33-27(30)26(22(5)29)18-24-11-8-7-10-23(24)12-9-17-28(19-20(2)3)34(31,32)25-15-13-21(4)14-16-25/h7-8,10-11,13-16,26H,2,6,17-19H2,1,3-5H3. The van der Waals surface area contributed by atoms with Gasteiger partial charge in [0.05, 0.1) is 18.0 Å². The molecule has 0 heterocycles. The van der Waals surface area contributed by atoms with Gasteiger partial charge in [-0.1, -0.05) is 59.9 Å². The fourth-order valence-corrected chi connectivity index (χ4v) is 4.69. The predicted octanol–water partition coefficient (Wildman–Crippen LogP) is 3.92. The van der Waals surface area contributed by atoms with Crippen LogP contribution in [0.25, 0.3) is 0 Å². The van der Waals surface area contributed by atoms with Gasteiger partial charge in [0.2, 0.25) is 10.0 Å². The minimum atomic E-state index is -3.76. The number of ether oxygens (including phenoxy) is 1. The first kappa shape index (κ1) is 27.0. The molecule has 2 aromatic rings. The van der Waals surface area contributed by atoms with E-state index in [0.29, 0.717) is 11.1 Å². The molecule has 7 heteroatoms. The van der Waals surface area contributed by atoms with Crippen LogP contribution < -0.4 is 0 Å². The van der Waals surface area contributed by atoms with Crippen LogP contribution >= 0.6 is 0 Å². The lowest BCUT2D eigenvalue weighted by molar-refractivity contribution is -0.151. The lowest BCUT2D eigenvalue weighted by atomic mass is 9.93. The zero-order valence-corrected chi connectivity index (χ0v) is 20.9. The summed E-state index contributed by atoms with van der Waals surface area (Å²) in [6.45, 7) is 10.9. The summed E-state index contributed by atoms with van der Waals surface area (Å²) in [7, 11) is -3.76. The van der Waals surface area contributed by atoms with Crippen molar-refractivity contribution in [1.29, 1.82) is 0 Å². The SMILES string of the molecule is C=C(C)CN(CC#Cc1ccccc1CC(C(C)=O)C(=O)OCC)S(=O)(=O)c1ccc(C)cc1. The Morgan fingerprint density at radius 1 is 1.09 bits per heavy atom. The van der Waals surface area contributed by atoms with Gasteiger partial charge in [-0.3, -0.25) is 9.59 Å². The fraction of sp³-hybridized carbons (Fsp3) is 0.333. The van der Waals surface area contributed by atoms with E-state index in [1.807, 2.05) is 6.92 Å². The van der Waals surface area contributed by atoms with Gasteiger partial charge in [-0.25, -0.2) is 8.42 Å². The molecule has 0 saturated heterocycles. The van der Waals surface area contributed by atoms with Gasteiger partial charge in [-0.15, -0.1) is 0 Å². The quantitative estimate of drug-likeness (QED) is 0.222. The minimum absolute atomic E-state index is 0.0363. The lowest BCUT2D eigenvalue weighted by Gasteiger charge is -2.20. The van der Waals surface area contributed by atoms with Gasteiger partial charge < -0.3 is 4.74 Å². The molecule has 1 atom stereocenters. The monoisotopic (exact) mass is 481 g/mol. The Bertz CT molecular complexity index is 1200. The van der Waals surface area contributed by atoms with Crippen LogP contribution in [0.5, 0.6) is 0 Å². The van der Waals surface area contributed by atoms with E-state index in [4.69, 9.17) is 4.74 Å². The van der Waals surface area contributed by atoms with Gasteiger partial charge in [0.15, 0.2) is 0 Å². The van der Waals surface area contributed by atoms with Crippen molar-refractivity contribution in [2.45, 2.75) is 39.0 Å². The van der Waals surface area contributed by atoms with Crippen LogP contribution in [-0.4, -0.2) is 44.2 Å². The summed E-state index contributed by atoms with van der Waals surface area (Å²) in [4.78, 5) is 24.4. The number of benzene rings is 2. The molecule has 0 aromatic heterocycles. The van der Waals surface area contributed by atoms with Crippen molar-refractivity contribution in [3.05, 3.63) is 77.4 Å². The van der Waals surface area contributed by atoms with Crippen LogP contribution in [0.4, 0.5) is 0 Å². The highest BCUT2D eigenvalue weighted by atomic mass is 32.2. The highest BCUT2D eigenvalue weighted by Gasteiger charge is 2.26. The van der Waals surface area contributed by atoms with Crippen LogP contribution in [0.3, 0.4) is 0 Å². The highest BCUT2D eigenvalue weighted by molar-refractivity contribution is 7.89. The summed E-state index contributed by atoms with van der Waals surface area (Å²) in [6, 6.07) is 13.8. The van der Waals surface area contributed by atoms with E-state index >= 15 is 0 Å². The molecule has 6 nitrogen and oxygen atoms in total. The second-order valence-corrected chi connectivity index (χ2v) is 10.1. The lowest BCUT2D eigenvalue weighted by Crippen LogP contribution is -2.33. The smallest absolute Gasteiger partial charge is 0.316 e. The molecule has 0 fully saturated rings. The van der Waals surface area contributed by atoms with Crippen LogP contribution in [0.2, 0.25) is 0 Å². The van der Waals surface area contributed by atoms with Crippen molar-refractivity contribution in [3.8, 4) is 11.8 Å². The number of nitrogens with zero attached hydrogens (tertiary/aromatic N) is 1. The minimum Gasteiger partial charge on any atom is -0.465 e. The van der Waals surface area contributed by atoms with Crippen molar-refractivity contribution >= 4 is 21.8 Å². The summed E-state index contributed by atoms with van der Waals surface area (Å²) in [5.41, 5.74) is 3.00. The van der Waals surface area contributed by atoms with Gasteiger partial charge in [0.25, 0.3) is 0 Å². The summed E-state index contributed by atoms with van der Waals surface area (Å²) in [6.07, 6.45) is 0.163. The second-order valence-electron chi connectivity index (χ2n) is 8.12. The average molecular weight is 482 g/mol. The van der Waals surface area contributed by atoms with E-state index in [2.05, 4.69) is 18.4 Å². The molecule has 1 unspecified atom stereocenters. The first-order valence-electron chi connectivity index (χ1n) is 11.0. The normalized spacial score (nSPS) is 11.9. The topological polar surface area (TPSA) is 80.8 Å². The van der Waals surface area contributed by atoms with Crippen LogP contribution in [0, 0.1) is 24.7 Å². The Morgan fingerprint density at radius 2 is 1.74 bits per heavy atom. The van der Waals surface area contributed by atoms with Crippen molar-refractivity contribution in [2.24, 2.45) is 5.92 Å². The number of carbonyl (C=O) groups is 2. The van der Waals surface area contributed by atoms with E-state index in [1.165, 1.54) is 11.2 Å². The second kappa shape index (κ2) is 12.3. The number of ketones is 1. The number of Topliss-reactive ketones (excluding diaryl/α,β-unsaturated/α-hetero) is 1. The Hall–Kier alpha value is -3.21. The van der Waals surface area contributed by atoms with Gasteiger partial charge in [-0.05, 0) is 57.9 Å². The number of esters is 1. The van der Waals surface area contributed by atoms with Crippen molar-refractivity contribution < 1.29 is 22.7 Å². The number of sulfonamides is 1. The molecular formula is C27H31NO5S. The summed E-state index contributed by atoms with van der Waals surface area (Å²) < 4.78 is 32.7. The van der Waals surface area contributed by atoms with Gasteiger partial charge >= 0.3 is 5.97 Å². The number of hydrogen-bond acceptors (Lipinski definition) is 5. The average Bonchev–Trinajstić information content (AvgIpc) is 2.77. The molecule has 180 valence electrons. The van der Waals surface area contributed by atoms with Gasteiger partial charge in [0, 0.05) is 12.1 Å². The zero-order valence-electron chi connectivity index (χ0n) is 20.1. The van der Waals surface area contributed by atoms with E-state index in [1.54, 1.807) is 62.4 Å².